The molecule has 0 aliphatic heterocycles. The van der Waals surface area contributed by atoms with Gasteiger partial charge in [-0.15, -0.1) is 35.3 Å². The number of aliphatic imine (C=N–C) groups is 1. The molecule has 0 saturated carbocycles. The molecule has 22 heavy (non-hydrogen) atoms. The molecule has 0 spiro atoms. The van der Waals surface area contributed by atoms with Gasteiger partial charge in [0.2, 0.25) is 0 Å². The first-order valence-corrected chi connectivity index (χ1v) is 7.76. The van der Waals surface area contributed by atoms with Gasteiger partial charge in [-0.2, -0.15) is 0 Å². The van der Waals surface area contributed by atoms with E-state index in [0.717, 1.165) is 17.1 Å². The second kappa shape index (κ2) is 8.42. The lowest BCUT2D eigenvalue weighted by molar-refractivity contribution is 0.583. The molecular formula is C15H22IN5S. The number of pyridine rings is 1. The molecule has 120 valence electrons. The van der Waals surface area contributed by atoms with Crippen LogP contribution in [0.3, 0.4) is 0 Å². The zero-order valence-electron chi connectivity index (χ0n) is 13.0. The molecule has 0 radical (unpaired) electrons. The fourth-order valence-electron chi connectivity index (χ4n) is 1.66. The molecule has 0 fully saturated rings. The van der Waals surface area contributed by atoms with E-state index in [-0.39, 0.29) is 29.4 Å². The largest absolute Gasteiger partial charge is 0.370 e. The SMILES string of the molecule is CC(C)(C)c1nc(CCN=C(N)Nc2ccccn2)cs1.I. The van der Waals surface area contributed by atoms with Gasteiger partial charge in [-0.25, -0.2) is 9.97 Å². The lowest BCUT2D eigenvalue weighted by Crippen LogP contribution is -2.23. The first kappa shape index (κ1) is 18.8. The lowest BCUT2D eigenvalue weighted by atomic mass is 9.98. The van der Waals surface area contributed by atoms with Crippen LogP contribution in [0.15, 0.2) is 34.8 Å². The van der Waals surface area contributed by atoms with E-state index in [2.05, 4.69) is 46.4 Å². The number of nitrogens with one attached hydrogen (secondary N) is 1. The minimum absolute atomic E-state index is 0. The first-order chi connectivity index (χ1) is 9.95. The highest BCUT2D eigenvalue weighted by Crippen LogP contribution is 2.25. The maximum atomic E-state index is 5.83. The molecule has 2 aromatic rings. The number of anilines is 1. The van der Waals surface area contributed by atoms with E-state index in [1.807, 2.05) is 18.2 Å². The van der Waals surface area contributed by atoms with Gasteiger partial charge in [0.05, 0.1) is 10.7 Å². The van der Waals surface area contributed by atoms with E-state index in [1.54, 1.807) is 17.5 Å². The van der Waals surface area contributed by atoms with Gasteiger partial charge in [0, 0.05) is 30.0 Å². The van der Waals surface area contributed by atoms with E-state index in [1.165, 1.54) is 0 Å². The molecule has 2 rings (SSSR count). The summed E-state index contributed by atoms with van der Waals surface area (Å²) >= 11 is 1.70. The van der Waals surface area contributed by atoms with E-state index < -0.39 is 0 Å². The molecule has 0 bridgehead atoms. The molecule has 0 amide bonds. The van der Waals surface area contributed by atoms with E-state index in [4.69, 9.17) is 5.73 Å². The van der Waals surface area contributed by atoms with Crippen molar-refractivity contribution in [3.63, 3.8) is 0 Å². The number of hydrogen-bond donors (Lipinski definition) is 2. The Morgan fingerprint density at radius 3 is 2.73 bits per heavy atom. The van der Waals surface area contributed by atoms with Crippen molar-refractivity contribution in [3.8, 4) is 0 Å². The second-order valence-electron chi connectivity index (χ2n) is 5.75. The maximum absolute atomic E-state index is 5.83. The fourth-order valence-corrected chi connectivity index (χ4v) is 2.61. The molecule has 2 heterocycles. The molecule has 0 aliphatic carbocycles. The first-order valence-electron chi connectivity index (χ1n) is 6.88. The Balaban J connectivity index is 0.00000242. The van der Waals surface area contributed by atoms with Gasteiger partial charge >= 0.3 is 0 Å². The predicted molar refractivity (Wildman–Crippen MR) is 104 cm³/mol. The van der Waals surface area contributed by atoms with Gasteiger partial charge in [-0.05, 0) is 12.1 Å². The van der Waals surface area contributed by atoms with Crippen LogP contribution in [0.1, 0.15) is 31.5 Å². The monoisotopic (exact) mass is 431 g/mol. The molecule has 0 aromatic carbocycles. The van der Waals surface area contributed by atoms with E-state index in [9.17, 15) is 0 Å². The summed E-state index contributed by atoms with van der Waals surface area (Å²) < 4.78 is 0. The van der Waals surface area contributed by atoms with Gasteiger partial charge in [-0.3, -0.25) is 4.99 Å². The molecule has 7 heteroatoms. The third-order valence-corrected chi connectivity index (χ3v) is 4.08. The standard InChI is InChI=1S/C15H21N5S.HI/c1-15(2,3)13-19-11(10-21-13)7-9-18-14(16)20-12-6-4-5-8-17-12;/h4-6,8,10H,7,9H2,1-3H3,(H3,16,17,18,20);1H. The van der Waals surface area contributed by atoms with Gasteiger partial charge in [0.25, 0.3) is 0 Å². The normalized spacial score (nSPS) is 11.9. The lowest BCUT2D eigenvalue weighted by Gasteiger charge is -2.13. The smallest absolute Gasteiger partial charge is 0.194 e. The molecule has 0 atom stereocenters. The van der Waals surface area contributed by atoms with Crippen LogP contribution in [-0.4, -0.2) is 22.5 Å². The average molecular weight is 431 g/mol. The van der Waals surface area contributed by atoms with Crippen LogP contribution in [0.25, 0.3) is 0 Å². The summed E-state index contributed by atoms with van der Waals surface area (Å²) in [6.45, 7) is 7.12. The van der Waals surface area contributed by atoms with Crippen LogP contribution in [0.2, 0.25) is 0 Å². The number of nitrogens with zero attached hydrogens (tertiary/aromatic N) is 3. The quantitative estimate of drug-likeness (QED) is 0.442. The van der Waals surface area contributed by atoms with Crippen molar-refractivity contribution in [3.05, 3.63) is 40.5 Å². The molecule has 0 unspecified atom stereocenters. The predicted octanol–water partition coefficient (Wildman–Crippen LogP) is 3.42. The molecule has 3 N–H and O–H groups in total. The van der Waals surface area contributed by atoms with Crippen molar-refractivity contribution in [2.75, 3.05) is 11.9 Å². The Bertz CT molecular complexity index is 604. The number of guanidine groups is 1. The third-order valence-electron chi connectivity index (χ3n) is 2.76. The Kier molecular flexibility index (Phi) is 7.21. The number of rotatable bonds is 4. The fraction of sp³-hybridized carbons (Fsp3) is 0.400. The minimum atomic E-state index is 0. The Morgan fingerprint density at radius 2 is 2.14 bits per heavy atom. The van der Waals surface area contributed by atoms with Crippen LogP contribution < -0.4 is 11.1 Å². The summed E-state index contributed by atoms with van der Waals surface area (Å²) in [5, 5.41) is 6.21. The summed E-state index contributed by atoms with van der Waals surface area (Å²) in [6, 6.07) is 5.60. The van der Waals surface area contributed by atoms with Crippen molar-refractivity contribution in [1.82, 2.24) is 9.97 Å². The van der Waals surface area contributed by atoms with Crippen LogP contribution >= 0.6 is 35.3 Å². The summed E-state index contributed by atoms with van der Waals surface area (Å²) in [5.74, 6) is 1.07. The number of aromatic nitrogens is 2. The van der Waals surface area contributed by atoms with Gasteiger partial charge < -0.3 is 11.1 Å². The number of hydrogen-bond acceptors (Lipinski definition) is 4. The Labute approximate surface area is 152 Å². The van der Waals surface area contributed by atoms with Crippen molar-refractivity contribution in [1.29, 1.82) is 0 Å². The number of nitrogens with two attached hydrogens (primary N) is 1. The van der Waals surface area contributed by atoms with Crippen LogP contribution in [0.5, 0.6) is 0 Å². The highest BCUT2D eigenvalue weighted by atomic mass is 127. The van der Waals surface area contributed by atoms with Gasteiger partial charge in [0.15, 0.2) is 5.96 Å². The summed E-state index contributed by atoms with van der Waals surface area (Å²) in [6.07, 6.45) is 2.50. The minimum Gasteiger partial charge on any atom is -0.370 e. The molecule has 0 saturated heterocycles. The highest BCUT2D eigenvalue weighted by Gasteiger charge is 2.17. The molecule has 5 nitrogen and oxygen atoms in total. The maximum Gasteiger partial charge on any atom is 0.194 e. The third kappa shape index (κ3) is 5.88. The number of halogens is 1. The van der Waals surface area contributed by atoms with Crippen LogP contribution in [-0.2, 0) is 11.8 Å². The molecule has 0 aliphatic rings. The zero-order valence-corrected chi connectivity index (χ0v) is 16.2. The highest BCUT2D eigenvalue weighted by molar-refractivity contribution is 14.0. The summed E-state index contributed by atoms with van der Waals surface area (Å²) in [7, 11) is 0. The zero-order chi connectivity index (χ0) is 15.3. The van der Waals surface area contributed by atoms with Crippen molar-refractivity contribution < 1.29 is 0 Å². The molecular weight excluding hydrogens is 409 g/mol. The number of thiazole rings is 1. The summed E-state index contributed by atoms with van der Waals surface area (Å²) in [5.41, 5.74) is 7.00. The van der Waals surface area contributed by atoms with Crippen molar-refractivity contribution in [2.45, 2.75) is 32.6 Å². The summed E-state index contributed by atoms with van der Waals surface area (Å²) in [4.78, 5) is 13.1. The topological polar surface area (TPSA) is 76.2 Å². The van der Waals surface area contributed by atoms with Crippen LogP contribution in [0, 0.1) is 0 Å². The van der Waals surface area contributed by atoms with Gasteiger partial charge in [-0.1, -0.05) is 26.8 Å². The Hall–Kier alpha value is -1.22. The average Bonchev–Trinajstić information content (AvgIpc) is 2.88. The molecule has 2 aromatic heterocycles. The van der Waals surface area contributed by atoms with Crippen molar-refractivity contribution in [2.24, 2.45) is 10.7 Å². The van der Waals surface area contributed by atoms with Crippen molar-refractivity contribution >= 4 is 47.1 Å². The Morgan fingerprint density at radius 1 is 1.36 bits per heavy atom. The van der Waals surface area contributed by atoms with E-state index >= 15 is 0 Å². The van der Waals surface area contributed by atoms with Crippen LogP contribution in [0.4, 0.5) is 5.82 Å². The van der Waals surface area contributed by atoms with E-state index in [0.29, 0.717) is 18.3 Å². The second-order valence-corrected chi connectivity index (χ2v) is 6.61. The van der Waals surface area contributed by atoms with Gasteiger partial charge in [0.1, 0.15) is 5.82 Å².